The molecule has 0 bridgehead atoms. The number of thiazole rings is 1. The maximum absolute atomic E-state index is 11.0. The number of aromatic nitrogens is 3. The molecule has 0 aliphatic heterocycles. The third kappa shape index (κ3) is 3.55. The molecule has 3 heterocycles. The highest BCUT2D eigenvalue weighted by Crippen LogP contribution is 2.25. The lowest BCUT2D eigenvalue weighted by Crippen LogP contribution is -2.26. The van der Waals surface area contributed by atoms with Crippen LogP contribution in [-0.2, 0) is 0 Å². The summed E-state index contributed by atoms with van der Waals surface area (Å²) in [7, 11) is 0. The molecule has 0 unspecified atom stereocenters. The van der Waals surface area contributed by atoms with Gasteiger partial charge in [-0.25, -0.2) is 15.2 Å². The van der Waals surface area contributed by atoms with Crippen molar-refractivity contribution >= 4 is 23.1 Å². The number of rotatable bonds is 4. The van der Waals surface area contributed by atoms with Crippen molar-refractivity contribution in [3.05, 3.63) is 65.7 Å². The van der Waals surface area contributed by atoms with E-state index in [0.717, 1.165) is 15.4 Å². The zero-order chi connectivity index (χ0) is 16.1. The van der Waals surface area contributed by atoms with Crippen LogP contribution in [0.1, 0.15) is 10.6 Å². The predicted molar refractivity (Wildman–Crippen MR) is 87.9 cm³/mol. The van der Waals surface area contributed by atoms with Crippen LogP contribution in [0.3, 0.4) is 0 Å². The first-order chi connectivity index (χ1) is 11.2. The van der Waals surface area contributed by atoms with Gasteiger partial charge in [0.25, 0.3) is 0 Å². The fourth-order valence-corrected chi connectivity index (χ4v) is 2.76. The molecule has 0 aromatic carbocycles. The molecule has 0 spiro atoms. The molecule has 3 N–H and O–H groups in total. The van der Waals surface area contributed by atoms with Crippen molar-refractivity contribution in [2.24, 2.45) is 10.8 Å². The van der Waals surface area contributed by atoms with Crippen molar-refractivity contribution < 1.29 is 4.79 Å². The zero-order valence-corrected chi connectivity index (χ0v) is 12.7. The molecule has 0 atom stereocenters. The summed E-state index contributed by atoms with van der Waals surface area (Å²) in [5, 5.41) is 4.86. The third-order valence-electron chi connectivity index (χ3n) is 2.83. The van der Waals surface area contributed by atoms with Gasteiger partial charge in [0.05, 0.1) is 10.6 Å². The van der Waals surface area contributed by atoms with Crippen LogP contribution < -0.4 is 11.2 Å². The number of hydrogen-bond donors (Lipinski definition) is 2. The van der Waals surface area contributed by atoms with Crippen molar-refractivity contribution in [3.63, 3.8) is 0 Å². The van der Waals surface area contributed by atoms with E-state index in [1.165, 1.54) is 11.3 Å². The van der Waals surface area contributed by atoms with Gasteiger partial charge in [0.2, 0.25) is 0 Å². The second-order valence-electron chi connectivity index (χ2n) is 4.42. The van der Waals surface area contributed by atoms with E-state index in [-0.39, 0.29) is 0 Å². The van der Waals surface area contributed by atoms with Gasteiger partial charge in [0.15, 0.2) is 0 Å². The number of carbonyl (C=O) groups excluding carboxylic acids is 1. The van der Waals surface area contributed by atoms with Gasteiger partial charge in [-0.2, -0.15) is 5.10 Å². The Labute approximate surface area is 135 Å². The third-order valence-corrected chi connectivity index (χ3v) is 3.89. The molecule has 3 rings (SSSR count). The van der Waals surface area contributed by atoms with Crippen molar-refractivity contribution in [3.8, 4) is 10.6 Å². The molecule has 114 valence electrons. The van der Waals surface area contributed by atoms with Crippen LogP contribution >= 0.6 is 11.3 Å². The Hall–Kier alpha value is -3.13. The summed E-state index contributed by atoms with van der Waals surface area (Å²) >= 11 is 1.43. The zero-order valence-electron chi connectivity index (χ0n) is 11.9. The number of carbonyl (C=O) groups is 1. The van der Waals surface area contributed by atoms with Gasteiger partial charge in [-0.15, -0.1) is 11.3 Å². The first-order valence-electron chi connectivity index (χ1n) is 6.65. The Kier molecular flexibility index (Phi) is 4.34. The molecule has 23 heavy (non-hydrogen) atoms. The molecule has 0 saturated heterocycles. The highest BCUT2D eigenvalue weighted by molar-refractivity contribution is 7.17. The first kappa shape index (κ1) is 14.8. The SMILES string of the molecule is NC(=O)N/N=C(\c1ccccn1)c1cnc(-c2cccnc2)s1. The topological polar surface area (TPSA) is 106 Å². The van der Waals surface area contributed by atoms with Gasteiger partial charge in [-0.1, -0.05) is 6.07 Å². The second kappa shape index (κ2) is 6.75. The molecule has 8 heteroatoms. The van der Waals surface area contributed by atoms with E-state index < -0.39 is 6.03 Å². The van der Waals surface area contributed by atoms with E-state index in [1.807, 2.05) is 18.2 Å². The van der Waals surface area contributed by atoms with Crippen LogP contribution in [0.5, 0.6) is 0 Å². The van der Waals surface area contributed by atoms with Crippen LogP contribution in [0, 0.1) is 0 Å². The number of nitrogens with zero attached hydrogens (tertiary/aromatic N) is 4. The van der Waals surface area contributed by atoms with Gasteiger partial charge >= 0.3 is 6.03 Å². The molecule has 2 amide bonds. The van der Waals surface area contributed by atoms with Crippen molar-refractivity contribution in [2.75, 3.05) is 0 Å². The summed E-state index contributed by atoms with van der Waals surface area (Å²) < 4.78 is 0. The predicted octanol–water partition coefficient (Wildman–Crippen LogP) is 2.02. The number of hydrogen-bond acceptors (Lipinski definition) is 6. The number of hydrazone groups is 1. The van der Waals surface area contributed by atoms with Gasteiger partial charge in [0, 0.05) is 30.4 Å². The maximum atomic E-state index is 11.0. The first-order valence-corrected chi connectivity index (χ1v) is 7.47. The molecule has 0 aliphatic carbocycles. The highest BCUT2D eigenvalue weighted by atomic mass is 32.1. The maximum Gasteiger partial charge on any atom is 0.332 e. The minimum atomic E-state index is -0.740. The summed E-state index contributed by atoms with van der Waals surface area (Å²) in [4.78, 5) is 24.4. The van der Waals surface area contributed by atoms with Gasteiger partial charge in [0.1, 0.15) is 10.7 Å². The van der Waals surface area contributed by atoms with Gasteiger partial charge < -0.3 is 5.73 Å². The lowest BCUT2D eigenvalue weighted by molar-refractivity contribution is 0.249. The summed E-state index contributed by atoms with van der Waals surface area (Å²) in [6.45, 7) is 0. The Morgan fingerprint density at radius 2 is 2.04 bits per heavy atom. The van der Waals surface area contributed by atoms with Crippen LogP contribution in [0.25, 0.3) is 10.6 Å². The average molecular weight is 324 g/mol. The second-order valence-corrected chi connectivity index (χ2v) is 5.45. The van der Waals surface area contributed by atoms with E-state index in [1.54, 1.807) is 36.9 Å². The highest BCUT2D eigenvalue weighted by Gasteiger charge is 2.14. The molecule has 3 aromatic heterocycles. The van der Waals surface area contributed by atoms with Crippen molar-refractivity contribution in [1.82, 2.24) is 20.4 Å². The Morgan fingerprint density at radius 3 is 2.74 bits per heavy atom. The van der Waals surface area contributed by atoms with E-state index in [4.69, 9.17) is 5.73 Å². The van der Waals surface area contributed by atoms with Crippen LogP contribution in [-0.4, -0.2) is 26.7 Å². The largest absolute Gasteiger partial charge is 0.350 e. The number of nitrogens with two attached hydrogens (primary N) is 1. The summed E-state index contributed by atoms with van der Waals surface area (Å²) in [6, 6.07) is 8.47. The van der Waals surface area contributed by atoms with Crippen LogP contribution in [0.4, 0.5) is 4.79 Å². The fraction of sp³-hybridized carbons (Fsp3) is 0. The molecule has 7 nitrogen and oxygen atoms in total. The van der Waals surface area contributed by atoms with E-state index >= 15 is 0 Å². The monoisotopic (exact) mass is 324 g/mol. The Bertz CT molecular complexity index is 831. The fourth-order valence-electron chi connectivity index (χ4n) is 1.86. The lowest BCUT2D eigenvalue weighted by Gasteiger charge is -2.02. The van der Waals surface area contributed by atoms with E-state index in [2.05, 4.69) is 25.5 Å². The van der Waals surface area contributed by atoms with Crippen LogP contribution in [0.2, 0.25) is 0 Å². The molecular formula is C15H12N6OS. The number of amides is 2. The molecular weight excluding hydrogens is 312 g/mol. The van der Waals surface area contributed by atoms with E-state index in [0.29, 0.717) is 11.4 Å². The lowest BCUT2D eigenvalue weighted by atomic mass is 10.2. The Morgan fingerprint density at radius 1 is 1.13 bits per heavy atom. The number of urea groups is 1. The summed E-state index contributed by atoms with van der Waals surface area (Å²) in [5.41, 5.74) is 9.36. The molecule has 0 fully saturated rings. The normalized spacial score (nSPS) is 11.2. The minimum Gasteiger partial charge on any atom is -0.350 e. The van der Waals surface area contributed by atoms with Crippen molar-refractivity contribution in [1.29, 1.82) is 0 Å². The molecule has 0 saturated carbocycles. The van der Waals surface area contributed by atoms with Gasteiger partial charge in [-0.3, -0.25) is 9.97 Å². The number of primary amides is 1. The molecule has 0 radical (unpaired) electrons. The van der Waals surface area contributed by atoms with Crippen LogP contribution in [0.15, 0.2) is 60.2 Å². The molecule has 0 aliphatic rings. The van der Waals surface area contributed by atoms with Crippen molar-refractivity contribution in [2.45, 2.75) is 0 Å². The standard InChI is InChI=1S/C15H12N6OS/c16-15(22)21-20-13(11-5-1-2-7-18-11)12-9-19-14(23-12)10-4-3-6-17-8-10/h1-9H,(H3,16,21,22)/b20-13+. The van der Waals surface area contributed by atoms with E-state index in [9.17, 15) is 4.79 Å². The number of nitrogens with one attached hydrogen (secondary N) is 1. The minimum absolute atomic E-state index is 0.497. The Balaban J connectivity index is 1.99. The average Bonchev–Trinajstić information content (AvgIpc) is 3.06. The smallest absolute Gasteiger partial charge is 0.332 e. The van der Waals surface area contributed by atoms with Gasteiger partial charge in [-0.05, 0) is 24.3 Å². The summed E-state index contributed by atoms with van der Waals surface area (Å²) in [6.07, 6.45) is 6.78. The quantitative estimate of drug-likeness (QED) is 0.565. The molecule has 3 aromatic rings. The summed E-state index contributed by atoms with van der Waals surface area (Å²) in [5.74, 6) is 0. The number of pyridine rings is 2.